The van der Waals surface area contributed by atoms with E-state index in [1.165, 1.54) is 6.92 Å². The highest BCUT2D eigenvalue weighted by atomic mass is 16.7. The summed E-state index contributed by atoms with van der Waals surface area (Å²) >= 11 is 0. The minimum Gasteiger partial charge on any atom is -0.394 e. The average Bonchev–Trinajstić information content (AvgIpc) is 2.63. The standard InChI is InChI=1S/C16H31NO10/c1-6(2)17-15(25)13(24)12(23)14(8(20)4-18)27-16-11(22)7(3)10(21)9(5-19)26-16/h6-14,16,18-24H,4-5H2,1-3H3,(H,17,25)/t7-,8-,9+,10+,11+,12-,13-,14-,16-/m1/s1. The largest absolute Gasteiger partial charge is 0.394 e. The van der Waals surface area contributed by atoms with Gasteiger partial charge in [-0.3, -0.25) is 4.79 Å². The molecule has 0 unspecified atom stereocenters. The van der Waals surface area contributed by atoms with E-state index < -0.39 is 74.1 Å². The summed E-state index contributed by atoms with van der Waals surface area (Å²) in [4.78, 5) is 11.9. The maximum atomic E-state index is 11.9. The third-order valence-electron chi connectivity index (χ3n) is 4.44. The normalized spacial score (nSPS) is 33.4. The highest BCUT2D eigenvalue weighted by molar-refractivity contribution is 5.81. The van der Waals surface area contributed by atoms with E-state index in [1.54, 1.807) is 13.8 Å². The lowest BCUT2D eigenvalue weighted by molar-refractivity contribution is -0.317. The molecule has 0 aromatic heterocycles. The molecule has 8 N–H and O–H groups in total. The van der Waals surface area contributed by atoms with Crippen molar-refractivity contribution in [3.8, 4) is 0 Å². The van der Waals surface area contributed by atoms with Crippen LogP contribution in [0.1, 0.15) is 20.8 Å². The fourth-order valence-corrected chi connectivity index (χ4v) is 2.75. The average molecular weight is 397 g/mol. The Balaban J connectivity index is 2.95. The van der Waals surface area contributed by atoms with Crippen LogP contribution in [0.25, 0.3) is 0 Å². The molecule has 0 aliphatic carbocycles. The molecule has 1 fully saturated rings. The van der Waals surface area contributed by atoms with Crippen molar-refractivity contribution in [1.82, 2.24) is 5.32 Å². The van der Waals surface area contributed by atoms with Crippen LogP contribution in [0.3, 0.4) is 0 Å². The Morgan fingerprint density at radius 1 is 1.15 bits per heavy atom. The zero-order chi connectivity index (χ0) is 20.9. The fraction of sp³-hybridized carbons (Fsp3) is 0.938. The molecule has 0 aromatic carbocycles. The van der Waals surface area contributed by atoms with Gasteiger partial charge in [0.1, 0.15) is 30.5 Å². The van der Waals surface area contributed by atoms with E-state index in [1.807, 2.05) is 0 Å². The summed E-state index contributed by atoms with van der Waals surface area (Å²) in [5.74, 6) is -1.70. The molecule has 9 atom stereocenters. The molecule has 0 saturated carbocycles. The Hall–Kier alpha value is -0.890. The maximum absolute atomic E-state index is 11.9. The monoisotopic (exact) mass is 397 g/mol. The summed E-state index contributed by atoms with van der Waals surface area (Å²) in [5.41, 5.74) is 0. The van der Waals surface area contributed by atoms with Gasteiger partial charge in [-0.1, -0.05) is 6.92 Å². The predicted octanol–water partition coefficient (Wildman–Crippen LogP) is -3.95. The van der Waals surface area contributed by atoms with Crippen LogP contribution in [0.4, 0.5) is 0 Å². The molecule has 1 heterocycles. The molecule has 160 valence electrons. The summed E-state index contributed by atoms with van der Waals surface area (Å²) in [6.07, 6.45) is -12.5. The zero-order valence-electron chi connectivity index (χ0n) is 15.5. The van der Waals surface area contributed by atoms with E-state index in [-0.39, 0.29) is 6.04 Å². The van der Waals surface area contributed by atoms with E-state index in [0.29, 0.717) is 0 Å². The van der Waals surface area contributed by atoms with Crippen LogP contribution in [0.15, 0.2) is 0 Å². The first kappa shape index (κ1) is 24.1. The van der Waals surface area contributed by atoms with Crippen molar-refractivity contribution < 1.29 is 50.0 Å². The van der Waals surface area contributed by atoms with Crippen LogP contribution in [-0.2, 0) is 14.3 Å². The number of carbonyl (C=O) groups is 1. The van der Waals surface area contributed by atoms with Crippen molar-refractivity contribution >= 4 is 5.91 Å². The van der Waals surface area contributed by atoms with Gasteiger partial charge in [0.05, 0.1) is 19.3 Å². The van der Waals surface area contributed by atoms with Crippen molar-refractivity contribution in [3.63, 3.8) is 0 Å². The summed E-state index contributed by atoms with van der Waals surface area (Å²) in [6.45, 7) is 3.32. The molecule has 0 bridgehead atoms. The van der Waals surface area contributed by atoms with Crippen LogP contribution in [-0.4, -0.2) is 110 Å². The van der Waals surface area contributed by atoms with Crippen molar-refractivity contribution in [1.29, 1.82) is 0 Å². The molecule has 1 saturated heterocycles. The van der Waals surface area contributed by atoms with Crippen molar-refractivity contribution in [2.45, 2.75) is 75.8 Å². The summed E-state index contributed by atoms with van der Waals surface area (Å²) in [7, 11) is 0. The number of hydrogen-bond donors (Lipinski definition) is 8. The minimum absolute atomic E-state index is 0.322. The van der Waals surface area contributed by atoms with Crippen LogP contribution in [0, 0.1) is 5.92 Å². The molecule has 1 aliphatic heterocycles. The highest BCUT2D eigenvalue weighted by Gasteiger charge is 2.46. The van der Waals surface area contributed by atoms with Gasteiger partial charge >= 0.3 is 0 Å². The Kier molecular flexibility index (Phi) is 9.48. The molecule has 27 heavy (non-hydrogen) atoms. The second-order valence-corrected chi connectivity index (χ2v) is 7.02. The lowest BCUT2D eigenvalue weighted by Gasteiger charge is -2.43. The molecule has 0 aromatic rings. The Morgan fingerprint density at radius 2 is 1.74 bits per heavy atom. The Labute approximate surface area is 157 Å². The van der Waals surface area contributed by atoms with E-state index in [0.717, 1.165) is 0 Å². The van der Waals surface area contributed by atoms with Crippen molar-refractivity contribution in [2.24, 2.45) is 5.92 Å². The summed E-state index contributed by atoms with van der Waals surface area (Å²) in [5, 5.41) is 71.2. The van der Waals surface area contributed by atoms with Gasteiger partial charge in [-0.2, -0.15) is 0 Å². The fourth-order valence-electron chi connectivity index (χ4n) is 2.75. The van der Waals surface area contributed by atoms with E-state index in [9.17, 15) is 40.5 Å². The number of carbonyl (C=O) groups excluding carboxylic acids is 1. The van der Waals surface area contributed by atoms with Crippen LogP contribution < -0.4 is 5.32 Å². The lowest BCUT2D eigenvalue weighted by Crippen LogP contribution is -2.59. The quantitative estimate of drug-likeness (QED) is 0.191. The number of aliphatic hydroxyl groups is 7. The van der Waals surface area contributed by atoms with Gasteiger partial charge in [0.2, 0.25) is 0 Å². The van der Waals surface area contributed by atoms with Crippen LogP contribution in [0.2, 0.25) is 0 Å². The molecule has 1 rings (SSSR count). The summed E-state index contributed by atoms with van der Waals surface area (Å²) < 4.78 is 10.6. The molecule has 0 radical (unpaired) electrons. The second kappa shape index (κ2) is 10.6. The van der Waals surface area contributed by atoms with Gasteiger partial charge in [0, 0.05) is 12.0 Å². The number of rotatable bonds is 9. The molecular formula is C16H31NO10. The number of ether oxygens (including phenoxy) is 2. The third kappa shape index (κ3) is 6.04. The van der Waals surface area contributed by atoms with Gasteiger partial charge in [-0.25, -0.2) is 0 Å². The number of nitrogens with one attached hydrogen (secondary N) is 1. The number of aliphatic hydroxyl groups excluding tert-OH is 7. The summed E-state index contributed by atoms with van der Waals surface area (Å²) in [6, 6.07) is -0.322. The molecule has 11 heteroatoms. The Morgan fingerprint density at radius 3 is 2.22 bits per heavy atom. The predicted molar refractivity (Wildman–Crippen MR) is 90.2 cm³/mol. The molecule has 1 aliphatic rings. The number of amides is 1. The molecular weight excluding hydrogens is 366 g/mol. The second-order valence-electron chi connectivity index (χ2n) is 7.02. The highest BCUT2D eigenvalue weighted by Crippen LogP contribution is 2.28. The van der Waals surface area contributed by atoms with Gasteiger partial charge < -0.3 is 50.5 Å². The SMILES string of the molecule is CC(C)NC(=O)[C@H](O)[C@@H](O)[C@H](O[C@H]1O[C@@H](CO)[C@@H](O)[C@@H](C)[C@@H]1O)[C@H](O)CO. The third-order valence-corrected chi connectivity index (χ3v) is 4.44. The topological polar surface area (TPSA) is 189 Å². The van der Waals surface area contributed by atoms with Crippen molar-refractivity contribution in [2.75, 3.05) is 13.2 Å². The maximum Gasteiger partial charge on any atom is 0.251 e. The lowest BCUT2D eigenvalue weighted by atomic mass is 9.90. The Bertz CT molecular complexity index is 462. The molecule has 1 amide bonds. The van der Waals surface area contributed by atoms with E-state index >= 15 is 0 Å². The van der Waals surface area contributed by atoms with Gasteiger partial charge in [-0.05, 0) is 13.8 Å². The first-order valence-electron chi connectivity index (χ1n) is 8.78. The zero-order valence-corrected chi connectivity index (χ0v) is 15.5. The molecule has 11 nitrogen and oxygen atoms in total. The van der Waals surface area contributed by atoms with Crippen molar-refractivity contribution in [3.05, 3.63) is 0 Å². The minimum atomic E-state index is -1.99. The van der Waals surface area contributed by atoms with E-state index in [2.05, 4.69) is 5.32 Å². The van der Waals surface area contributed by atoms with Gasteiger partial charge in [0.15, 0.2) is 12.4 Å². The van der Waals surface area contributed by atoms with Gasteiger partial charge in [-0.15, -0.1) is 0 Å². The van der Waals surface area contributed by atoms with Gasteiger partial charge in [0.25, 0.3) is 5.91 Å². The molecule has 0 spiro atoms. The van der Waals surface area contributed by atoms with E-state index in [4.69, 9.17) is 9.47 Å². The smallest absolute Gasteiger partial charge is 0.251 e. The first-order chi connectivity index (χ1) is 12.5. The van der Waals surface area contributed by atoms with Crippen LogP contribution >= 0.6 is 0 Å². The van der Waals surface area contributed by atoms with Crippen LogP contribution in [0.5, 0.6) is 0 Å². The first-order valence-corrected chi connectivity index (χ1v) is 8.78. The number of hydrogen-bond acceptors (Lipinski definition) is 10.